The van der Waals surface area contributed by atoms with Crippen molar-refractivity contribution in [2.24, 2.45) is 11.8 Å². The molecule has 0 aliphatic carbocycles. The molecule has 1 aromatic rings. The zero-order valence-electron chi connectivity index (χ0n) is 16.4. The van der Waals surface area contributed by atoms with E-state index in [-0.39, 0.29) is 17.7 Å². The molecule has 0 unspecified atom stereocenters. The first kappa shape index (κ1) is 19.5. The van der Waals surface area contributed by atoms with Crippen LogP contribution in [0, 0.1) is 11.8 Å². The molecule has 6 heteroatoms. The van der Waals surface area contributed by atoms with E-state index in [1.807, 2.05) is 34.1 Å². The van der Waals surface area contributed by atoms with Gasteiger partial charge in [0.2, 0.25) is 11.8 Å². The van der Waals surface area contributed by atoms with Crippen molar-refractivity contribution in [1.29, 1.82) is 0 Å². The van der Waals surface area contributed by atoms with Crippen LogP contribution < -0.4 is 9.47 Å². The van der Waals surface area contributed by atoms with Gasteiger partial charge in [-0.15, -0.1) is 0 Å². The van der Waals surface area contributed by atoms with Gasteiger partial charge in [0.1, 0.15) is 11.5 Å². The average molecular weight is 374 g/mol. The molecular weight excluding hydrogens is 344 g/mol. The second-order valence-electron chi connectivity index (χ2n) is 7.56. The minimum absolute atomic E-state index is 0.0573. The average Bonchev–Trinajstić information content (AvgIpc) is 2.72. The molecule has 0 radical (unpaired) electrons. The maximum Gasteiger partial charge on any atom is 0.225 e. The summed E-state index contributed by atoms with van der Waals surface area (Å²) in [5.74, 6) is 2.43. The molecule has 3 rings (SSSR count). The summed E-state index contributed by atoms with van der Waals surface area (Å²) in [6.07, 6.45) is 3.67. The van der Waals surface area contributed by atoms with E-state index in [2.05, 4.69) is 0 Å². The normalized spacial score (nSPS) is 21.0. The number of benzene rings is 1. The van der Waals surface area contributed by atoms with Gasteiger partial charge in [-0.3, -0.25) is 9.59 Å². The van der Waals surface area contributed by atoms with E-state index < -0.39 is 0 Å². The van der Waals surface area contributed by atoms with Gasteiger partial charge in [-0.1, -0.05) is 0 Å². The molecule has 2 fully saturated rings. The van der Waals surface area contributed by atoms with Crippen LogP contribution in [0.4, 0.5) is 0 Å². The lowest BCUT2D eigenvalue weighted by Crippen LogP contribution is -2.47. The number of hydrogen-bond donors (Lipinski definition) is 0. The molecule has 1 atom stereocenters. The fourth-order valence-electron chi connectivity index (χ4n) is 3.99. The standard InChI is InChI=1S/C21H30N2O4/c1-16(24)22-12-9-18(10-13-22)21(25)23-11-3-4-17(14-23)15-27-20-7-5-19(26-2)6-8-20/h5-8,17-18H,3-4,9-15H2,1-2H3/t17-/m0/s1. The van der Waals surface area contributed by atoms with E-state index in [0.717, 1.165) is 50.3 Å². The number of methoxy groups -OCH3 is 1. The van der Waals surface area contributed by atoms with Crippen molar-refractivity contribution in [3.8, 4) is 11.5 Å². The number of ether oxygens (including phenoxy) is 2. The smallest absolute Gasteiger partial charge is 0.225 e. The molecule has 0 N–H and O–H groups in total. The van der Waals surface area contributed by atoms with E-state index in [1.54, 1.807) is 14.0 Å². The molecule has 0 saturated carbocycles. The van der Waals surface area contributed by atoms with Crippen molar-refractivity contribution in [3.05, 3.63) is 24.3 Å². The van der Waals surface area contributed by atoms with Crippen LogP contribution in [0.25, 0.3) is 0 Å². The third-order valence-electron chi connectivity index (χ3n) is 5.67. The summed E-state index contributed by atoms with van der Waals surface area (Å²) in [4.78, 5) is 28.2. The summed E-state index contributed by atoms with van der Waals surface area (Å²) in [5.41, 5.74) is 0. The van der Waals surface area contributed by atoms with Crippen LogP contribution >= 0.6 is 0 Å². The molecule has 2 saturated heterocycles. The Hall–Kier alpha value is -2.24. The van der Waals surface area contributed by atoms with Gasteiger partial charge in [0.25, 0.3) is 0 Å². The number of carbonyl (C=O) groups is 2. The molecule has 1 aromatic carbocycles. The van der Waals surface area contributed by atoms with Crippen LogP contribution in [0.1, 0.15) is 32.6 Å². The quantitative estimate of drug-likeness (QED) is 0.795. The van der Waals surface area contributed by atoms with E-state index in [1.165, 1.54) is 0 Å². The van der Waals surface area contributed by atoms with Gasteiger partial charge in [0, 0.05) is 44.9 Å². The minimum Gasteiger partial charge on any atom is -0.497 e. The number of rotatable bonds is 5. The summed E-state index contributed by atoms with van der Waals surface area (Å²) < 4.78 is 11.1. The van der Waals surface area contributed by atoms with Gasteiger partial charge < -0.3 is 19.3 Å². The van der Waals surface area contributed by atoms with Gasteiger partial charge in [-0.05, 0) is 49.9 Å². The summed E-state index contributed by atoms with van der Waals surface area (Å²) >= 11 is 0. The fourth-order valence-corrected chi connectivity index (χ4v) is 3.99. The van der Waals surface area contributed by atoms with E-state index in [0.29, 0.717) is 25.6 Å². The molecule has 2 amide bonds. The van der Waals surface area contributed by atoms with Crippen LogP contribution in [0.15, 0.2) is 24.3 Å². The molecule has 27 heavy (non-hydrogen) atoms. The molecule has 0 aromatic heterocycles. The predicted octanol–water partition coefficient (Wildman–Crippen LogP) is 2.57. The van der Waals surface area contributed by atoms with E-state index >= 15 is 0 Å². The van der Waals surface area contributed by atoms with Gasteiger partial charge >= 0.3 is 0 Å². The predicted molar refractivity (Wildman–Crippen MR) is 103 cm³/mol. The summed E-state index contributed by atoms with van der Waals surface area (Å²) in [6.45, 7) is 5.22. The van der Waals surface area contributed by atoms with Gasteiger partial charge in [0.05, 0.1) is 13.7 Å². The Labute approximate surface area is 161 Å². The third kappa shape index (κ3) is 5.15. The number of piperidine rings is 2. The highest BCUT2D eigenvalue weighted by Crippen LogP contribution is 2.25. The van der Waals surface area contributed by atoms with Crippen LogP contribution in [0.5, 0.6) is 11.5 Å². The van der Waals surface area contributed by atoms with Crippen molar-refractivity contribution in [1.82, 2.24) is 9.80 Å². The maximum absolute atomic E-state index is 12.9. The number of amides is 2. The monoisotopic (exact) mass is 374 g/mol. The first-order chi connectivity index (χ1) is 13.1. The Bertz CT molecular complexity index is 638. The molecule has 148 valence electrons. The second-order valence-corrected chi connectivity index (χ2v) is 7.56. The highest BCUT2D eigenvalue weighted by molar-refractivity contribution is 5.79. The van der Waals surface area contributed by atoms with Crippen molar-refractivity contribution in [2.45, 2.75) is 32.6 Å². The van der Waals surface area contributed by atoms with Crippen molar-refractivity contribution in [2.75, 3.05) is 39.9 Å². The van der Waals surface area contributed by atoms with Gasteiger partial charge in [-0.2, -0.15) is 0 Å². The SMILES string of the molecule is COc1ccc(OC[C@H]2CCCN(C(=O)C3CCN(C(C)=O)CC3)C2)cc1. The molecule has 2 aliphatic heterocycles. The molecule has 6 nitrogen and oxygen atoms in total. The first-order valence-corrected chi connectivity index (χ1v) is 9.88. The second kappa shape index (κ2) is 9.11. The molecular formula is C21H30N2O4. The minimum atomic E-state index is 0.0573. The highest BCUT2D eigenvalue weighted by atomic mass is 16.5. The zero-order chi connectivity index (χ0) is 19.2. The van der Waals surface area contributed by atoms with Crippen molar-refractivity contribution >= 4 is 11.8 Å². The van der Waals surface area contributed by atoms with Crippen LogP contribution in [-0.4, -0.2) is 61.5 Å². The lowest BCUT2D eigenvalue weighted by Gasteiger charge is -2.37. The lowest BCUT2D eigenvalue weighted by molar-refractivity contribution is -0.141. The lowest BCUT2D eigenvalue weighted by atomic mass is 9.92. The molecule has 0 spiro atoms. The van der Waals surface area contributed by atoms with E-state index in [4.69, 9.17) is 9.47 Å². The number of hydrogen-bond acceptors (Lipinski definition) is 4. The number of likely N-dealkylation sites (tertiary alicyclic amines) is 2. The largest absolute Gasteiger partial charge is 0.497 e. The number of carbonyl (C=O) groups excluding carboxylic acids is 2. The summed E-state index contributed by atoms with van der Waals surface area (Å²) in [7, 11) is 1.65. The van der Waals surface area contributed by atoms with Crippen molar-refractivity contribution < 1.29 is 19.1 Å². The number of nitrogens with zero attached hydrogens (tertiary/aromatic N) is 2. The van der Waals surface area contributed by atoms with Crippen LogP contribution in [-0.2, 0) is 9.59 Å². The zero-order valence-corrected chi connectivity index (χ0v) is 16.4. The van der Waals surface area contributed by atoms with E-state index in [9.17, 15) is 9.59 Å². The highest BCUT2D eigenvalue weighted by Gasteiger charge is 2.32. The summed E-state index contributed by atoms with van der Waals surface area (Å²) in [6, 6.07) is 7.60. The Balaban J connectivity index is 1.47. The molecule has 2 heterocycles. The topological polar surface area (TPSA) is 59.1 Å². The Kier molecular flexibility index (Phi) is 6.58. The maximum atomic E-state index is 12.9. The van der Waals surface area contributed by atoms with Crippen LogP contribution in [0.2, 0.25) is 0 Å². The summed E-state index contributed by atoms with van der Waals surface area (Å²) in [5, 5.41) is 0. The third-order valence-corrected chi connectivity index (χ3v) is 5.67. The molecule has 0 bridgehead atoms. The first-order valence-electron chi connectivity index (χ1n) is 9.88. The van der Waals surface area contributed by atoms with Gasteiger partial charge in [0.15, 0.2) is 0 Å². The Morgan fingerprint density at radius 1 is 1.00 bits per heavy atom. The Morgan fingerprint density at radius 2 is 1.67 bits per heavy atom. The van der Waals surface area contributed by atoms with Crippen LogP contribution in [0.3, 0.4) is 0 Å². The van der Waals surface area contributed by atoms with Crippen molar-refractivity contribution in [3.63, 3.8) is 0 Å². The fraction of sp³-hybridized carbons (Fsp3) is 0.619. The Morgan fingerprint density at radius 3 is 2.30 bits per heavy atom. The molecule has 2 aliphatic rings. The van der Waals surface area contributed by atoms with Gasteiger partial charge in [-0.25, -0.2) is 0 Å².